The quantitative estimate of drug-likeness (QED) is 0.758. The molecule has 0 fully saturated rings. The van der Waals surface area contributed by atoms with Crippen LogP contribution in [0.3, 0.4) is 0 Å². The SMILES string of the molecule is NC(CCC(F)(F)F)c1cn[nH]n1. The van der Waals surface area contributed by atoms with Crippen LogP contribution in [-0.2, 0) is 0 Å². The van der Waals surface area contributed by atoms with Gasteiger partial charge in [0, 0.05) is 6.42 Å². The summed E-state index contributed by atoms with van der Waals surface area (Å²) in [6.45, 7) is 0. The lowest BCUT2D eigenvalue weighted by Gasteiger charge is -2.09. The molecule has 0 aliphatic heterocycles. The Morgan fingerprint density at radius 2 is 2.23 bits per heavy atom. The summed E-state index contributed by atoms with van der Waals surface area (Å²) in [5.41, 5.74) is 5.78. The number of aromatic nitrogens is 3. The van der Waals surface area contributed by atoms with Gasteiger partial charge in [-0.25, -0.2) is 0 Å². The first-order valence-corrected chi connectivity index (χ1v) is 3.67. The van der Waals surface area contributed by atoms with Crippen molar-refractivity contribution in [1.82, 2.24) is 15.4 Å². The summed E-state index contributed by atoms with van der Waals surface area (Å²) in [6, 6.07) is -0.708. The van der Waals surface area contributed by atoms with Crippen LogP contribution in [0.2, 0.25) is 0 Å². The Morgan fingerprint density at radius 1 is 1.54 bits per heavy atom. The van der Waals surface area contributed by atoms with Crippen molar-refractivity contribution in [2.75, 3.05) is 0 Å². The van der Waals surface area contributed by atoms with Crippen LogP contribution in [0.5, 0.6) is 0 Å². The lowest BCUT2D eigenvalue weighted by Crippen LogP contribution is -2.16. The van der Waals surface area contributed by atoms with Crippen molar-refractivity contribution in [2.24, 2.45) is 5.73 Å². The van der Waals surface area contributed by atoms with Gasteiger partial charge in [0.2, 0.25) is 0 Å². The number of aromatic amines is 1. The minimum absolute atomic E-state index is 0.171. The van der Waals surface area contributed by atoms with Crippen molar-refractivity contribution in [2.45, 2.75) is 25.1 Å². The third kappa shape index (κ3) is 3.41. The molecule has 1 atom stereocenters. The maximum Gasteiger partial charge on any atom is 0.389 e. The van der Waals surface area contributed by atoms with Gasteiger partial charge < -0.3 is 5.73 Å². The summed E-state index contributed by atoms with van der Waals surface area (Å²) in [7, 11) is 0. The minimum Gasteiger partial charge on any atom is -0.323 e. The molecule has 1 heterocycles. The number of halogens is 3. The largest absolute Gasteiger partial charge is 0.389 e. The molecule has 0 bridgehead atoms. The summed E-state index contributed by atoms with van der Waals surface area (Å²) < 4.78 is 35.3. The number of hydrogen-bond donors (Lipinski definition) is 2. The van der Waals surface area contributed by atoms with E-state index >= 15 is 0 Å². The zero-order valence-electron chi connectivity index (χ0n) is 6.67. The zero-order valence-corrected chi connectivity index (χ0v) is 6.67. The number of nitrogens with one attached hydrogen (secondary N) is 1. The van der Waals surface area contributed by atoms with Gasteiger partial charge in [-0.1, -0.05) is 0 Å². The highest BCUT2D eigenvalue weighted by Crippen LogP contribution is 2.25. The topological polar surface area (TPSA) is 67.6 Å². The third-order valence-electron chi connectivity index (χ3n) is 1.55. The first-order valence-electron chi connectivity index (χ1n) is 3.67. The van der Waals surface area contributed by atoms with E-state index < -0.39 is 18.6 Å². The highest BCUT2D eigenvalue weighted by molar-refractivity contribution is 4.97. The maximum atomic E-state index is 11.8. The first-order chi connectivity index (χ1) is 5.99. The Labute approximate surface area is 72.3 Å². The lowest BCUT2D eigenvalue weighted by molar-refractivity contribution is -0.136. The first kappa shape index (κ1) is 9.97. The van der Waals surface area contributed by atoms with E-state index in [-0.39, 0.29) is 6.42 Å². The fourth-order valence-electron chi connectivity index (χ4n) is 0.856. The molecule has 0 saturated heterocycles. The molecule has 0 aromatic carbocycles. The van der Waals surface area contributed by atoms with Crippen molar-refractivity contribution in [3.05, 3.63) is 11.9 Å². The molecule has 0 aliphatic rings. The molecule has 3 N–H and O–H groups in total. The van der Waals surface area contributed by atoms with E-state index in [4.69, 9.17) is 5.73 Å². The van der Waals surface area contributed by atoms with E-state index in [1.165, 1.54) is 6.20 Å². The Morgan fingerprint density at radius 3 is 2.69 bits per heavy atom. The molecule has 4 nitrogen and oxygen atoms in total. The second-order valence-corrected chi connectivity index (χ2v) is 2.66. The molecule has 13 heavy (non-hydrogen) atoms. The van der Waals surface area contributed by atoms with Crippen LogP contribution in [0.1, 0.15) is 24.6 Å². The number of nitrogens with two attached hydrogens (primary N) is 1. The van der Waals surface area contributed by atoms with Crippen molar-refractivity contribution in [3.8, 4) is 0 Å². The van der Waals surface area contributed by atoms with Gasteiger partial charge >= 0.3 is 6.18 Å². The van der Waals surface area contributed by atoms with E-state index in [2.05, 4.69) is 15.4 Å². The molecule has 7 heteroatoms. The van der Waals surface area contributed by atoms with Gasteiger partial charge in [-0.2, -0.15) is 28.6 Å². The van der Waals surface area contributed by atoms with Gasteiger partial charge in [0.25, 0.3) is 0 Å². The van der Waals surface area contributed by atoms with Gasteiger partial charge in [-0.3, -0.25) is 0 Å². The molecule has 1 aromatic heterocycles. The molecule has 0 spiro atoms. The third-order valence-corrected chi connectivity index (χ3v) is 1.55. The second kappa shape index (κ2) is 3.73. The highest BCUT2D eigenvalue weighted by atomic mass is 19.4. The zero-order chi connectivity index (χ0) is 9.90. The van der Waals surface area contributed by atoms with E-state index in [1.54, 1.807) is 0 Å². The van der Waals surface area contributed by atoms with Crippen molar-refractivity contribution >= 4 is 0 Å². The Balaban J connectivity index is 2.39. The number of H-pyrrole nitrogens is 1. The van der Waals surface area contributed by atoms with E-state index in [9.17, 15) is 13.2 Å². The van der Waals surface area contributed by atoms with Crippen LogP contribution in [0.15, 0.2) is 6.20 Å². The molecule has 1 rings (SSSR count). The molecule has 0 radical (unpaired) electrons. The molecule has 1 unspecified atom stereocenters. The molecular weight excluding hydrogens is 185 g/mol. The molecular formula is C6H9F3N4. The molecule has 1 aromatic rings. The summed E-state index contributed by atoms with van der Waals surface area (Å²) in [5, 5.41) is 9.33. The summed E-state index contributed by atoms with van der Waals surface area (Å²) in [6.07, 6.45) is -3.92. The van der Waals surface area contributed by atoms with E-state index in [0.29, 0.717) is 5.69 Å². The minimum atomic E-state index is -4.17. The van der Waals surface area contributed by atoms with Gasteiger partial charge in [0.05, 0.1) is 17.9 Å². The molecule has 0 saturated carbocycles. The average Bonchev–Trinajstić information content (AvgIpc) is 2.50. The van der Waals surface area contributed by atoms with Crippen LogP contribution in [-0.4, -0.2) is 21.6 Å². The number of hydrogen-bond acceptors (Lipinski definition) is 3. The van der Waals surface area contributed by atoms with Crippen LogP contribution in [0.25, 0.3) is 0 Å². The number of rotatable bonds is 3. The predicted molar refractivity (Wildman–Crippen MR) is 38.6 cm³/mol. The Bertz CT molecular complexity index is 243. The standard InChI is InChI=1S/C6H9F3N4/c7-6(8,9)2-1-4(10)5-3-11-13-12-5/h3-4H,1-2,10H2,(H,11,12,13). The fourth-order valence-corrected chi connectivity index (χ4v) is 0.856. The van der Waals surface area contributed by atoms with Crippen molar-refractivity contribution in [1.29, 1.82) is 0 Å². The van der Waals surface area contributed by atoms with Gasteiger partial charge in [-0.15, -0.1) is 0 Å². The number of nitrogens with zero attached hydrogens (tertiary/aromatic N) is 2. The van der Waals surface area contributed by atoms with Gasteiger partial charge in [0.15, 0.2) is 0 Å². The summed E-state index contributed by atoms with van der Waals surface area (Å²) >= 11 is 0. The molecule has 74 valence electrons. The van der Waals surface area contributed by atoms with Crippen molar-refractivity contribution in [3.63, 3.8) is 0 Å². The van der Waals surface area contributed by atoms with Crippen molar-refractivity contribution < 1.29 is 13.2 Å². The normalized spacial score (nSPS) is 14.5. The summed E-state index contributed by atoms with van der Waals surface area (Å²) in [5.74, 6) is 0. The molecule has 0 aliphatic carbocycles. The fraction of sp³-hybridized carbons (Fsp3) is 0.667. The number of alkyl halides is 3. The summed E-state index contributed by atoms with van der Waals surface area (Å²) in [4.78, 5) is 0. The monoisotopic (exact) mass is 194 g/mol. The van der Waals surface area contributed by atoms with E-state index in [0.717, 1.165) is 0 Å². The maximum absolute atomic E-state index is 11.8. The average molecular weight is 194 g/mol. The van der Waals surface area contributed by atoms with E-state index in [1.807, 2.05) is 0 Å². The lowest BCUT2D eigenvalue weighted by atomic mass is 10.1. The van der Waals surface area contributed by atoms with Crippen LogP contribution in [0, 0.1) is 0 Å². The van der Waals surface area contributed by atoms with Gasteiger partial charge in [0.1, 0.15) is 0 Å². The Hall–Kier alpha value is -1.11. The smallest absolute Gasteiger partial charge is 0.323 e. The van der Waals surface area contributed by atoms with Gasteiger partial charge in [-0.05, 0) is 6.42 Å². The Kier molecular flexibility index (Phi) is 2.86. The van der Waals surface area contributed by atoms with Crippen LogP contribution >= 0.6 is 0 Å². The molecule has 0 amide bonds. The van der Waals surface area contributed by atoms with Crippen LogP contribution in [0.4, 0.5) is 13.2 Å². The predicted octanol–water partition coefficient (Wildman–Crippen LogP) is 1.15. The highest BCUT2D eigenvalue weighted by Gasteiger charge is 2.28. The van der Waals surface area contributed by atoms with Crippen LogP contribution < -0.4 is 5.73 Å². The second-order valence-electron chi connectivity index (χ2n) is 2.66.